The molecule has 0 saturated carbocycles. The maximum atomic E-state index is 12.7. The fraction of sp³-hybridized carbons (Fsp3) is 0.238. The van der Waals surface area contributed by atoms with Gasteiger partial charge in [0.2, 0.25) is 5.91 Å². The Morgan fingerprint density at radius 2 is 1.90 bits per heavy atom. The predicted molar refractivity (Wildman–Crippen MR) is 99.5 cm³/mol. The minimum absolute atomic E-state index is 0.0922. The number of nitrogens with zero attached hydrogens (tertiary/aromatic N) is 2. The van der Waals surface area contributed by atoms with Crippen molar-refractivity contribution in [2.45, 2.75) is 19.1 Å². The molecule has 1 atom stereocenters. The maximum Gasteiger partial charge on any atom is 0.435 e. The number of hydrogen-bond acceptors (Lipinski definition) is 3. The van der Waals surface area contributed by atoms with E-state index in [0.717, 1.165) is 22.9 Å². The molecule has 1 amide bonds. The van der Waals surface area contributed by atoms with Crippen LogP contribution < -0.4 is 10.1 Å². The van der Waals surface area contributed by atoms with Gasteiger partial charge >= 0.3 is 6.18 Å². The first-order chi connectivity index (χ1) is 13.9. The molecule has 0 aliphatic carbocycles. The zero-order valence-corrected chi connectivity index (χ0v) is 15.3. The Balaban J connectivity index is 1.35. The normalized spacial score (nSPS) is 16.0. The number of fused-ring (bicyclic) bond motifs is 1. The van der Waals surface area contributed by atoms with Crippen LogP contribution in [0.15, 0.2) is 60.8 Å². The molecule has 0 bridgehead atoms. The highest BCUT2D eigenvalue weighted by atomic mass is 19.4. The second-order valence-electron chi connectivity index (χ2n) is 6.85. The molecule has 3 aromatic rings. The van der Waals surface area contributed by atoms with E-state index in [9.17, 15) is 18.0 Å². The van der Waals surface area contributed by atoms with Crippen molar-refractivity contribution in [2.75, 3.05) is 6.61 Å². The summed E-state index contributed by atoms with van der Waals surface area (Å²) in [6, 6.07) is 15.4. The zero-order chi connectivity index (χ0) is 20.4. The fourth-order valence-electron chi connectivity index (χ4n) is 3.22. The van der Waals surface area contributed by atoms with Crippen molar-refractivity contribution in [1.82, 2.24) is 15.1 Å². The average molecular weight is 401 g/mol. The number of benzene rings is 2. The smallest absolute Gasteiger partial charge is 0.435 e. The number of halogens is 3. The number of aromatic nitrogens is 2. The summed E-state index contributed by atoms with van der Waals surface area (Å²) < 4.78 is 44.8. The molecule has 2 heterocycles. The number of nitrogens with one attached hydrogen (secondary N) is 1. The lowest BCUT2D eigenvalue weighted by Gasteiger charge is -2.24. The van der Waals surface area contributed by atoms with Crippen LogP contribution in [0.4, 0.5) is 13.2 Å². The van der Waals surface area contributed by atoms with Gasteiger partial charge in [-0.1, -0.05) is 30.3 Å². The lowest BCUT2D eigenvalue weighted by molar-refractivity contribution is -0.141. The molecule has 0 spiro atoms. The second-order valence-corrected chi connectivity index (χ2v) is 6.85. The quantitative estimate of drug-likeness (QED) is 0.724. The van der Waals surface area contributed by atoms with Gasteiger partial charge in [-0.2, -0.15) is 18.3 Å². The molecule has 150 valence electrons. The summed E-state index contributed by atoms with van der Waals surface area (Å²) in [6.07, 6.45) is -2.58. The Bertz CT molecular complexity index is 1010. The van der Waals surface area contributed by atoms with E-state index < -0.39 is 11.9 Å². The molecule has 2 aromatic carbocycles. The van der Waals surface area contributed by atoms with E-state index in [1.54, 1.807) is 24.3 Å². The van der Waals surface area contributed by atoms with Crippen molar-refractivity contribution in [3.8, 4) is 11.4 Å². The highest BCUT2D eigenvalue weighted by molar-refractivity contribution is 5.79. The summed E-state index contributed by atoms with van der Waals surface area (Å²) in [4.78, 5) is 12.5. The molecule has 5 nitrogen and oxygen atoms in total. The van der Waals surface area contributed by atoms with Gasteiger partial charge in [-0.25, -0.2) is 4.68 Å². The van der Waals surface area contributed by atoms with E-state index in [1.165, 1.54) is 10.9 Å². The van der Waals surface area contributed by atoms with Crippen molar-refractivity contribution < 1.29 is 22.7 Å². The molecule has 1 N–H and O–H groups in total. The number of para-hydroxylation sites is 1. The summed E-state index contributed by atoms with van der Waals surface area (Å²) >= 11 is 0. The number of rotatable bonds is 4. The Hall–Kier alpha value is -3.29. The third-order valence-corrected chi connectivity index (χ3v) is 4.80. The molecule has 29 heavy (non-hydrogen) atoms. The monoisotopic (exact) mass is 401 g/mol. The van der Waals surface area contributed by atoms with E-state index in [1.807, 2.05) is 24.3 Å². The summed E-state index contributed by atoms with van der Waals surface area (Å²) in [7, 11) is 0. The predicted octanol–water partition coefficient (Wildman–Crippen LogP) is 3.76. The van der Waals surface area contributed by atoms with Crippen LogP contribution in [0.25, 0.3) is 5.69 Å². The van der Waals surface area contributed by atoms with Crippen molar-refractivity contribution in [3.63, 3.8) is 0 Å². The lowest BCUT2D eigenvalue weighted by Crippen LogP contribution is -2.37. The van der Waals surface area contributed by atoms with Crippen molar-refractivity contribution in [3.05, 3.63) is 77.6 Å². The number of carbonyl (C=O) groups is 1. The van der Waals surface area contributed by atoms with Crippen LogP contribution in [0.1, 0.15) is 16.8 Å². The molecule has 4 rings (SSSR count). The van der Waals surface area contributed by atoms with Crippen LogP contribution in [0.2, 0.25) is 0 Å². The summed E-state index contributed by atoms with van der Waals surface area (Å²) in [5.41, 5.74) is 1.42. The first-order valence-corrected chi connectivity index (χ1v) is 9.11. The molecular weight excluding hydrogens is 383 g/mol. The van der Waals surface area contributed by atoms with Gasteiger partial charge in [0.05, 0.1) is 11.6 Å². The molecule has 1 unspecified atom stereocenters. The van der Waals surface area contributed by atoms with Crippen molar-refractivity contribution in [2.24, 2.45) is 5.92 Å². The van der Waals surface area contributed by atoms with Crippen LogP contribution in [0.3, 0.4) is 0 Å². The second kappa shape index (κ2) is 7.62. The third-order valence-electron chi connectivity index (χ3n) is 4.80. The molecule has 8 heteroatoms. The minimum atomic E-state index is -4.47. The van der Waals surface area contributed by atoms with E-state index in [4.69, 9.17) is 4.74 Å². The number of ether oxygens (including phenoxy) is 1. The van der Waals surface area contributed by atoms with Gasteiger partial charge in [0.1, 0.15) is 12.4 Å². The highest BCUT2D eigenvalue weighted by Gasteiger charge is 2.33. The van der Waals surface area contributed by atoms with Crippen LogP contribution >= 0.6 is 0 Å². The lowest BCUT2D eigenvalue weighted by atomic mass is 9.96. The van der Waals surface area contributed by atoms with Crippen molar-refractivity contribution >= 4 is 5.91 Å². The standard InChI is InChI=1S/C21H18F3N3O2/c22-21(23,24)19-9-10-27(26-19)17-7-5-14(6-8-17)12-25-20(28)16-11-15-3-1-2-4-18(15)29-13-16/h1-10,16H,11-13H2,(H,25,28). The molecule has 1 aromatic heterocycles. The number of amides is 1. The van der Waals surface area contributed by atoms with Crippen LogP contribution in [0.5, 0.6) is 5.75 Å². The van der Waals surface area contributed by atoms with Gasteiger partial charge in [0.15, 0.2) is 5.69 Å². The number of hydrogen-bond donors (Lipinski definition) is 1. The van der Waals surface area contributed by atoms with Crippen LogP contribution in [-0.2, 0) is 23.9 Å². The average Bonchev–Trinajstić information content (AvgIpc) is 3.23. The topological polar surface area (TPSA) is 56.2 Å². The molecule has 1 aliphatic rings. The van der Waals surface area contributed by atoms with Crippen molar-refractivity contribution in [1.29, 1.82) is 0 Å². The molecule has 0 radical (unpaired) electrons. The summed E-state index contributed by atoms with van der Waals surface area (Å²) in [5.74, 6) is 0.471. The highest BCUT2D eigenvalue weighted by Crippen LogP contribution is 2.28. The largest absolute Gasteiger partial charge is 0.492 e. The molecule has 0 saturated heterocycles. The first-order valence-electron chi connectivity index (χ1n) is 9.11. The Kier molecular flexibility index (Phi) is 5.00. The summed E-state index contributed by atoms with van der Waals surface area (Å²) in [5, 5.41) is 6.44. The maximum absolute atomic E-state index is 12.7. The third kappa shape index (κ3) is 4.26. The van der Waals surface area contributed by atoms with E-state index in [-0.39, 0.29) is 11.8 Å². The van der Waals surface area contributed by atoms with E-state index >= 15 is 0 Å². The zero-order valence-electron chi connectivity index (χ0n) is 15.3. The van der Waals surface area contributed by atoms with Gasteiger partial charge in [0, 0.05) is 12.7 Å². The Morgan fingerprint density at radius 3 is 2.62 bits per heavy atom. The van der Waals surface area contributed by atoms with Crippen LogP contribution in [0, 0.1) is 5.92 Å². The van der Waals surface area contributed by atoms with Gasteiger partial charge in [-0.3, -0.25) is 4.79 Å². The van der Waals surface area contributed by atoms with Gasteiger partial charge in [-0.15, -0.1) is 0 Å². The van der Waals surface area contributed by atoms with Gasteiger partial charge in [-0.05, 0) is 41.8 Å². The first kappa shape index (κ1) is 19.0. The fourth-order valence-corrected chi connectivity index (χ4v) is 3.22. The minimum Gasteiger partial charge on any atom is -0.492 e. The Morgan fingerprint density at radius 1 is 1.14 bits per heavy atom. The SMILES string of the molecule is O=C(NCc1ccc(-n2ccc(C(F)(F)F)n2)cc1)C1COc2ccccc2C1. The number of carbonyl (C=O) groups excluding carboxylic acids is 1. The summed E-state index contributed by atoms with van der Waals surface area (Å²) in [6.45, 7) is 0.660. The van der Waals surface area contributed by atoms with Gasteiger partial charge < -0.3 is 10.1 Å². The molecule has 1 aliphatic heterocycles. The molecule has 0 fully saturated rings. The Labute approximate surface area is 165 Å². The van der Waals surface area contributed by atoms with E-state index in [2.05, 4.69) is 10.4 Å². The van der Waals surface area contributed by atoms with E-state index in [0.29, 0.717) is 25.3 Å². The molecular formula is C21H18F3N3O2. The van der Waals surface area contributed by atoms with Gasteiger partial charge in [0.25, 0.3) is 0 Å². The number of alkyl halides is 3. The van der Waals surface area contributed by atoms with Crippen LogP contribution in [-0.4, -0.2) is 22.3 Å².